The van der Waals surface area contributed by atoms with Crippen molar-refractivity contribution in [3.8, 4) is 5.75 Å². The number of primary amides is 1. The first-order valence-electron chi connectivity index (χ1n) is 16.4. The number of aromatic hydroxyl groups is 1. The fourth-order valence-corrected chi connectivity index (χ4v) is 9.13. The molecule has 5 aliphatic rings. The van der Waals surface area contributed by atoms with Crippen LogP contribution in [0.5, 0.6) is 5.75 Å². The van der Waals surface area contributed by atoms with Crippen molar-refractivity contribution >= 4 is 40.6 Å². The van der Waals surface area contributed by atoms with Gasteiger partial charge in [0.15, 0.2) is 34.7 Å². The molecule has 0 radical (unpaired) electrons. The van der Waals surface area contributed by atoms with Gasteiger partial charge in [0.25, 0.3) is 0 Å². The molecule has 5 aliphatic carbocycles. The van der Waals surface area contributed by atoms with Crippen molar-refractivity contribution in [2.24, 2.45) is 41.2 Å². The molecule has 0 saturated heterocycles. The Hall–Kier alpha value is -2.66. The van der Waals surface area contributed by atoms with Crippen LogP contribution < -0.4 is 5.73 Å². The molecule has 0 aliphatic heterocycles. The van der Waals surface area contributed by atoms with Crippen molar-refractivity contribution in [2.75, 3.05) is 27.2 Å². The van der Waals surface area contributed by atoms with E-state index in [1.165, 1.54) is 62.3 Å². The largest absolute Gasteiger partial charge is 0.507 e. The number of benzene rings is 1. The molecule has 45 heavy (non-hydrogen) atoms. The second-order valence-electron chi connectivity index (χ2n) is 14.5. The van der Waals surface area contributed by atoms with E-state index in [9.17, 15) is 34.2 Å². The lowest BCUT2D eigenvalue weighted by Gasteiger charge is -2.52. The molecular weight excluding hydrogens is 598 g/mol. The Kier molecular flexibility index (Phi) is 8.73. The summed E-state index contributed by atoms with van der Waals surface area (Å²) >= 11 is 7.05. The molecule has 6 rings (SSSR count). The second-order valence-corrected chi connectivity index (χ2v) is 14.9. The van der Waals surface area contributed by atoms with Gasteiger partial charge in [0.2, 0.25) is 5.91 Å². The van der Waals surface area contributed by atoms with Gasteiger partial charge in [-0.1, -0.05) is 37.3 Å². The fourth-order valence-electron chi connectivity index (χ4n) is 8.84. The van der Waals surface area contributed by atoms with Gasteiger partial charge in [-0.15, -0.1) is 0 Å². The quantitative estimate of drug-likeness (QED) is 0.287. The minimum Gasteiger partial charge on any atom is -0.507 e. The number of fused-ring (bicyclic) bond motifs is 3. The summed E-state index contributed by atoms with van der Waals surface area (Å²) in [5.74, 6) is -9.28. The minimum absolute atomic E-state index is 0.000693. The molecule has 0 heterocycles. The Morgan fingerprint density at radius 3 is 2.20 bits per heavy atom. The lowest BCUT2D eigenvalue weighted by Crippen LogP contribution is -2.74. The van der Waals surface area contributed by atoms with Crippen LogP contribution in [0.15, 0.2) is 6.07 Å². The van der Waals surface area contributed by atoms with Crippen LogP contribution in [0.25, 0.3) is 0 Å². The molecule has 4 N–H and O–H groups in total. The van der Waals surface area contributed by atoms with Crippen LogP contribution in [-0.2, 0) is 32.1 Å². The summed E-state index contributed by atoms with van der Waals surface area (Å²) in [5, 5.41) is 23.4. The fraction of sp³-hybridized carbons (Fsp3) is 0.676. The number of phenolic OH excluding ortho intramolecular Hbond substituents is 1. The molecule has 0 spiro atoms. The zero-order valence-electron chi connectivity index (χ0n) is 26.1. The molecule has 2 unspecified atom stereocenters. The van der Waals surface area contributed by atoms with Gasteiger partial charge in [0, 0.05) is 30.6 Å². The van der Waals surface area contributed by atoms with Gasteiger partial charge < -0.3 is 15.9 Å². The average Bonchev–Trinajstić information content (AvgIpc) is 3.81. The number of phenols is 1. The summed E-state index contributed by atoms with van der Waals surface area (Å²) in [7, 11) is 3.14. The minimum atomic E-state index is -2.74. The predicted molar refractivity (Wildman–Crippen MR) is 166 cm³/mol. The maximum Gasteiger partial charge on any atom is 0.235 e. The van der Waals surface area contributed by atoms with E-state index < -0.39 is 64.4 Å². The van der Waals surface area contributed by atoms with Crippen molar-refractivity contribution in [1.29, 1.82) is 0 Å². The van der Waals surface area contributed by atoms with Gasteiger partial charge in [-0.3, -0.25) is 33.8 Å². The zero-order chi connectivity index (χ0) is 32.4. The van der Waals surface area contributed by atoms with Crippen molar-refractivity contribution < 1.29 is 34.2 Å². The number of ketones is 4. The Morgan fingerprint density at radius 1 is 1.00 bits per heavy atom. The maximum absolute atomic E-state index is 14.0. The highest BCUT2D eigenvalue weighted by atomic mass is 35.5. The standard InChI is InChI=1S/C34H44ClN3O7/c1-37(2)28-22-12-19-11-21-25(29(40)24(19)31(42)34(22,45)32(43)26(30(28)41)33(36)44)23(39)13-20(27(21)35)16-38(15-18-9-10-18)14-17-7-5-3-4-6-8-17/h13,17-19,22,24,26,28,39,45H,3-12,14-16H2,1-2H3,(H2,36,44)/t19-,22-,24?,26?,28-,34-/m0/s1. The number of nitrogens with zero attached hydrogens (tertiary/aromatic N) is 2. The van der Waals surface area contributed by atoms with E-state index in [0.29, 0.717) is 29.0 Å². The van der Waals surface area contributed by atoms with Gasteiger partial charge >= 0.3 is 0 Å². The van der Waals surface area contributed by atoms with E-state index in [2.05, 4.69) is 4.90 Å². The molecule has 1 amide bonds. The zero-order valence-corrected chi connectivity index (χ0v) is 26.9. The number of rotatable bonds is 8. The number of hydrogen-bond donors (Lipinski definition) is 3. The molecule has 244 valence electrons. The highest BCUT2D eigenvalue weighted by Crippen LogP contribution is 2.52. The molecule has 4 saturated carbocycles. The predicted octanol–water partition coefficient (Wildman–Crippen LogP) is 2.70. The highest BCUT2D eigenvalue weighted by Gasteiger charge is 2.69. The summed E-state index contributed by atoms with van der Waals surface area (Å²) in [6.45, 7) is 2.46. The first-order valence-corrected chi connectivity index (χ1v) is 16.8. The molecule has 6 atom stereocenters. The Labute approximate surface area is 268 Å². The Balaban J connectivity index is 1.33. The van der Waals surface area contributed by atoms with Gasteiger partial charge in [0.05, 0.1) is 17.5 Å². The summed E-state index contributed by atoms with van der Waals surface area (Å²) in [5.41, 5.74) is 3.78. The van der Waals surface area contributed by atoms with Gasteiger partial charge in [0.1, 0.15) is 5.75 Å². The number of amides is 1. The summed E-state index contributed by atoms with van der Waals surface area (Å²) in [6.07, 6.45) is 10.1. The number of nitrogens with two attached hydrogens (primary N) is 1. The smallest absolute Gasteiger partial charge is 0.235 e. The molecule has 4 fully saturated rings. The number of aliphatic hydroxyl groups is 1. The molecule has 0 aromatic heterocycles. The van der Waals surface area contributed by atoms with Gasteiger partial charge in [-0.25, -0.2) is 0 Å². The van der Waals surface area contributed by atoms with E-state index in [0.717, 1.165) is 18.7 Å². The molecule has 1 aromatic rings. The molecule has 10 nitrogen and oxygen atoms in total. The van der Waals surface area contributed by atoms with E-state index in [1.54, 1.807) is 14.1 Å². The van der Waals surface area contributed by atoms with Crippen LogP contribution in [0, 0.1) is 35.5 Å². The van der Waals surface area contributed by atoms with Crippen molar-refractivity contribution in [3.63, 3.8) is 0 Å². The summed E-state index contributed by atoms with van der Waals surface area (Å²) in [6, 6.07) is 0.383. The molecule has 1 aromatic carbocycles. The Morgan fingerprint density at radius 2 is 1.62 bits per heavy atom. The van der Waals surface area contributed by atoms with Crippen LogP contribution in [0.4, 0.5) is 0 Å². The SMILES string of the molecule is CN(C)[C@@H]1C(=O)C(C(N)=O)C(=O)[C@@]2(O)C(=O)C3C(=O)c4c(O)cc(CN(CC5CCCCCC5)CC5CC5)c(Cl)c4C[C@H]3C[C@@H]12. The number of carbonyl (C=O) groups is 5. The van der Waals surface area contributed by atoms with E-state index in [-0.39, 0.29) is 24.2 Å². The third-order valence-electron chi connectivity index (χ3n) is 11.2. The van der Waals surface area contributed by atoms with Crippen molar-refractivity contribution in [3.05, 3.63) is 27.8 Å². The number of likely N-dealkylation sites (N-methyl/N-ethyl adjacent to an activating group) is 1. The number of Topliss-reactive ketones (excluding diaryl/α,β-unsaturated/α-hetero) is 4. The Bertz CT molecular complexity index is 1430. The maximum atomic E-state index is 14.0. The monoisotopic (exact) mass is 641 g/mol. The van der Waals surface area contributed by atoms with Crippen LogP contribution >= 0.6 is 11.6 Å². The summed E-state index contributed by atoms with van der Waals surface area (Å²) in [4.78, 5) is 70.9. The van der Waals surface area contributed by atoms with Crippen LogP contribution in [0.2, 0.25) is 5.02 Å². The normalized spacial score (nSPS) is 32.4. The molecular formula is C34H44ClN3O7. The lowest BCUT2D eigenvalue weighted by molar-refractivity contribution is -0.181. The van der Waals surface area contributed by atoms with Crippen LogP contribution in [0.1, 0.15) is 79.3 Å². The van der Waals surface area contributed by atoms with Crippen LogP contribution in [-0.4, -0.2) is 87.9 Å². The van der Waals surface area contributed by atoms with E-state index in [1.807, 2.05) is 0 Å². The third kappa shape index (κ3) is 5.55. The number of halogens is 1. The second kappa shape index (κ2) is 12.2. The molecule has 11 heteroatoms. The van der Waals surface area contributed by atoms with Crippen molar-refractivity contribution in [1.82, 2.24) is 9.80 Å². The topological polar surface area (TPSA) is 158 Å². The molecule has 0 bridgehead atoms. The lowest BCUT2D eigenvalue weighted by atomic mass is 9.52. The first kappa shape index (κ1) is 32.3. The third-order valence-corrected chi connectivity index (χ3v) is 11.6. The van der Waals surface area contributed by atoms with Gasteiger partial charge in [-0.05, 0) is 87.6 Å². The van der Waals surface area contributed by atoms with E-state index in [4.69, 9.17) is 17.3 Å². The van der Waals surface area contributed by atoms with E-state index >= 15 is 0 Å². The van der Waals surface area contributed by atoms with Crippen LogP contribution in [0.3, 0.4) is 0 Å². The highest BCUT2D eigenvalue weighted by molar-refractivity contribution is 6.34. The van der Waals surface area contributed by atoms with Crippen molar-refractivity contribution in [2.45, 2.75) is 82.4 Å². The number of hydrogen-bond acceptors (Lipinski definition) is 9. The summed E-state index contributed by atoms with van der Waals surface area (Å²) < 4.78 is 0. The average molecular weight is 642 g/mol. The van der Waals surface area contributed by atoms with Gasteiger partial charge in [-0.2, -0.15) is 0 Å². The first-order chi connectivity index (χ1) is 21.3. The number of carbonyl (C=O) groups excluding carboxylic acids is 5.